The zero-order valence-electron chi connectivity index (χ0n) is 9.84. The summed E-state index contributed by atoms with van der Waals surface area (Å²) in [5.41, 5.74) is 8.42. The minimum Gasteiger partial charge on any atom is -0.322 e. The Morgan fingerprint density at radius 2 is 1.93 bits per heavy atom. The number of unbranched alkanes of at least 4 members (excludes halogenated alkanes) is 1. The minimum absolute atomic E-state index is 0.129. The van der Waals surface area contributed by atoms with Crippen molar-refractivity contribution < 1.29 is 0 Å². The minimum atomic E-state index is 0.129. The quantitative estimate of drug-likeness (QED) is 0.688. The lowest BCUT2D eigenvalue weighted by molar-refractivity contribution is 0.0507. The van der Waals surface area contributed by atoms with E-state index in [4.69, 9.17) is 5.73 Å². The van der Waals surface area contributed by atoms with Crippen LogP contribution in [0.2, 0.25) is 0 Å². The summed E-state index contributed by atoms with van der Waals surface area (Å²) in [5, 5.41) is 0. The van der Waals surface area contributed by atoms with Gasteiger partial charge >= 0.3 is 0 Å². The Hall–Kier alpha value is -0.300. The zero-order chi connectivity index (χ0) is 10.5. The van der Waals surface area contributed by atoms with Gasteiger partial charge in [-0.15, -0.1) is 0 Å². The van der Waals surface area contributed by atoms with E-state index in [0.717, 1.165) is 17.8 Å². The first kappa shape index (κ1) is 9.89. The zero-order valence-corrected chi connectivity index (χ0v) is 9.84. The molecule has 4 aliphatic rings. The molecule has 4 saturated carbocycles. The molecule has 4 rings (SSSR count). The molecular weight excluding hydrogens is 182 g/mol. The summed E-state index contributed by atoms with van der Waals surface area (Å²) >= 11 is 0. The van der Waals surface area contributed by atoms with Crippen molar-refractivity contribution >= 4 is 0 Å². The maximum Gasteiger partial charge on any atom is 0.0376 e. The lowest BCUT2D eigenvalue weighted by atomic mass is 9.51. The summed E-state index contributed by atoms with van der Waals surface area (Å²) in [7, 11) is 0. The molecule has 2 unspecified atom stereocenters. The fourth-order valence-corrected chi connectivity index (χ4v) is 4.58. The van der Waals surface area contributed by atoms with Crippen molar-refractivity contribution in [3.05, 3.63) is 11.6 Å². The Labute approximate surface area is 93.1 Å². The molecule has 0 saturated heterocycles. The van der Waals surface area contributed by atoms with E-state index < -0.39 is 0 Å². The average Bonchev–Trinajstić information content (AvgIpc) is 2.14. The van der Waals surface area contributed by atoms with Crippen LogP contribution in [0.5, 0.6) is 0 Å². The molecule has 0 aromatic carbocycles. The van der Waals surface area contributed by atoms with Gasteiger partial charge in [-0.2, -0.15) is 0 Å². The molecule has 0 spiro atoms. The predicted molar refractivity (Wildman–Crippen MR) is 63.5 cm³/mol. The van der Waals surface area contributed by atoms with Crippen molar-refractivity contribution in [2.45, 2.75) is 57.4 Å². The number of hydrogen-bond acceptors (Lipinski definition) is 1. The van der Waals surface area contributed by atoms with E-state index in [2.05, 4.69) is 13.0 Å². The van der Waals surface area contributed by atoms with E-state index in [-0.39, 0.29) is 5.54 Å². The summed E-state index contributed by atoms with van der Waals surface area (Å²) in [6, 6.07) is 0. The van der Waals surface area contributed by atoms with Gasteiger partial charge in [0.25, 0.3) is 0 Å². The van der Waals surface area contributed by atoms with Gasteiger partial charge in [0.1, 0.15) is 0 Å². The van der Waals surface area contributed by atoms with E-state index in [1.54, 1.807) is 5.57 Å². The third kappa shape index (κ3) is 1.47. The van der Waals surface area contributed by atoms with Gasteiger partial charge in [-0.25, -0.2) is 0 Å². The SMILES string of the molecule is CCCC=C1C2CC3CC(C2)CC1(N)C3. The Kier molecular flexibility index (Phi) is 2.21. The fraction of sp³-hybridized carbons (Fsp3) is 0.857. The lowest BCUT2D eigenvalue weighted by Gasteiger charge is -2.57. The van der Waals surface area contributed by atoms with Gasteiger partial charge in [0.05, 0.1) is 0 Å². The van der Waals surface area contributed by atoms with Gasteiger partial charge in [0.15, 0.2) is 0 Å². The standard InChI is InChI=1S/C14H23N/c1-2-3-4-13-12-6-10-5-11(7-12)9-14(13,15)8-10/h4,10-12H,2-3,5-9,15H2,1H3. The largest absolute Gasteiger partial charge is 0.322 e. The Balaban J connectivity index is 1.90. The second kappa shape index (κ2) is 3.35. The molecule has 2 N–H and O–H groups in total. The normalized spacial score (nSPS) is 50.3. The molecular formula is C14H23N. The van der Waals surface area contributed by atoms with Crippen molar-refractivity contribution in [1.29, 1.82) is 0 Å². The van der Waals surface area contributed by atoms with Gasteiger partial charge in [0.2, 0.25) is 0 Å². The Morgan fingerprint density at radius 3 is 2.47 bits per heavy atom. The van der Waals surface area contributed by atoms with Crippen LogP contribution in [0.25, 0.3) is 0 Å². The highest BCUT2D eigenvalue weighted by Crippen LogP contribution is 2.57. The van der Waals surface area contributed by atoms with E-state index in [0.29, 0.717) is 0 Å². The van der Waals surface area contributed by atoms with Crippen LogP contribution in [0.1, 0.15) is 51.9 Å². The van der Waals surface area contributed by atoms with Crippen LogP contribution in [-0.2, 0) is 0 Å². The van der Waals surface area contributed by atoms with E-state index in [1.165, 1.54) is 44.9 Å². The van der Waals surface area contributed by atoms with Crippen molar-refractivity contribution in [2.24, 2.45) is 23.5 Å². The molecule has 4 fully saturated rings. The first-order valence-corrected chi connectivity index (χ1v) is 6.70. The molecule has 0 amide bonds. The highest BCUT2D eigenvalue weighted by atomic mass is 14.8. The first-order chi connectivity index (χ1) is 7.21. The third-order valence-electron chi connectivity index (χ3n) is 4.88. The second-order valence-corrected chi connectivity index (χ2v) is 6.15. The molecule has 84 valence electrons. The highest BCUT2D eigenvalue weighted by Gasteiger charge is 2.51. The van der Waals surface area contributed by atoms with Gasteiger partial charge in [0, 0.05) is 5.54 Å². The lowest BCUT2D eigenvalue weighted by Crippen LogP contribution is -2.57. The molecule has 0 aromatic heterocycles. The maximum absolute atomic E-state index is 6.64. The highest BCUT2D eigenvalue weighted by molar-refractivity contribution is 5.30. The van der Waals surface area contributed by atoms with Gasteiger partial charge in [-0.3, -0.25) is 0 Å². The number of nitrogens with two attached hydrogens (primary N) is 1. The molecule has 0 radical (unpaired) electrons. The van der Waals surface area contributed by atoms with Crippen LogP contribution in [0.4, 0.5) is 0 Å². The molecule has 1 heteroatoms. The van der Waals surface area contributed by atoms with Crippen LogP contribution < -0.4 is 5.73 Å². The molecule has 0 aliphatic heterocycles. The Morgan fingerprint density at radius 1 is 1.27 bits per heavy atom. The van der Waals surface area contributed by atoms with Gasteiger partial charge in [-0.05, 0) is 56.3 Å². The van der Waals surface area contributed by atoms with Gasteiger partial charge < -0.3 is 5.73 Å². The average molecular weight is 205 g/mol. The second-order valence-electron chi connectivity index (χ2n) is 6.15. The van der Waals surface area contributed by atoms with E-state index in [9.17, 15) is 0 Å². The Bertz CT molecular complexity index is 278. The number of allylic oxidation sites excluding steroid dienone is 1. The van der Waals surface area contributed by atoms with E-state index in [1.807, 2.05) is 0 Å². The van der Waals surface area contributed by atoms with Crippen LogP contribution in [0, 0.1) is 17.8 Å². The molecule has 1 nitrogen and oxygen atoms in total. The van der Waals surface area contributed by atoms with Crippen LogP contribution in [0.3, 0.4) is 0 Å². The topological polar surface area (TPSA) is 26.0 Å². The smallest absolute Gasteiger partial charge is 0.0376 e. The van der Waals surface area contributed by atoms with Gasteiger partial charge in [-0.1, -0.05) is 25.0 Å². The summed E-state index contributed by atoms with van der Waals surface area (Å²) in [6.07, 6.45) is 11.9. The van der Waals surface area contributed by atoms with Crippen molar-refractivity contribution in [2.75, 3.05) is 0 Å². The predicted octanol–water partition coefficient (Wildman–Crippen LogP) is 3.25. The summed E-state index contributed by atoms with van der Waals surface area (Å²) in [6.45, 7) is 2.26. The molecule has 2 atom stereocenters. The van der Waals surface area contributed by atoms with Crippen LogP contribution >= 0.6 is 0 Å². The molecule has 0 heterocycles. The van der Waals surface area contributed by atoms with Crippen molar-refractivity contribution in [1.82, 2.24) is 0 Å². The van der Waals surface area contributed by atoms with Crippen LogP contribution in [-0.4, -0.2) is 5.54 Å². The monoisotopic (exact) mass is 205 g/mol. The fourth-order valence-electron chi connectivity index (χ4n) is 4.58. The van der Waals surface area contributed by atoms with Crippen molar-refractivity contribution in [3.63, 3.8) is 0 Å². The summed E-state index contributed by atoms with van der Waals surface area (Å²) < 4.78 is 0. The molecule has 15 heavy (non-hydrogen) atoms. The number of rotatable bonds is 2. The van der Waals surface area contributed by atoms with Crippen molar-refractivity contribution in [3.8, 4) is 0 Å². The maximum atomic E-state index is 6.64. The number of hydrogen-bond donors (Lipinski definition) is 1. The first-order valence-electron chi connectivity index (χ1n) is 6.70. The van der Waals surface area contributed by atoms with Crippen LogP contribution in [0.15, 0.2) is 11.6 Å². The molecule has 4 aliphatic carbocycles. The van der Waals surface area contributed by atoms with E-state index >= 15 is 0 Å². The molecule has 0 aromatic rings. The summed E-state index contributed by atoms with van der Waals surface area (Å²) in [4.78, 5) is 0. The molecule has 4 bridgehead atoms. The third-order valence-corrected chi connectivity index (χ3v) is 4.88. The summed E-state index contributed by atoms with van der Waals surface area (Å²) in [5.74, 6) is 2.80.